The molecule has 0 saturated carbocycles. The molecule has 6 rings (SSSR count). The fourth-order valence-corrected chi connectivity index (χ4v) is 5.99. The monoisotopic (exact) mass is 509 g/mol. The molecule has 3 aliphatic heterocycles. The Morgan fingerprint density at radius 2 is 1.81 bits per heavy atom. The average Bonchev–Trinajstić information content (AvgIpc) is 3.58. The van der Waals surface area contributed by atoms with Crippen LogP contribution in [-0.2, 0) is 9.53 Å². The van der Waals surface area contributed by atoms with Gasteiger partial charge in [-0.1, -0.05) is 0 Å². The Labute approximate surface area is 215 Å². The smallest absolute Gasteiger partial charge is 0.259 e. The van der Waals surface area contributed by atoms with Crippen molar-refractivity contribution in [3.8, 4) is 11.6 Å². The quantitative estimate of drug-likeness (QED) is 0.500. The zero-order valence-corrected chi connectivity index (χ0v) is 21.3. The van der Waals surface area contributed by atoms with E-state index < -0.39 is 0 Å². The molecule has 37 heavy (non-hydrogen) atoms. The molecule has 198 valence electrons. The number of rotatable bonds is 7. The molecule has 12 heteroatoms. The Bertz CT molecular complexity index is 1210. The average molecular weight is 510 g/mol. The predicted octanol–water partition coefficient (Wildman–Crippen LogP) is 1.54. The molecular formula is C25H35N9O3. The molecule has 1 amide bonds. The number of fused-ring (bicyclic) bond motifs is 1. The number of aromatic nitrogens is 5. The number of nitrogens with zero attached hydrogens (tertiary/aromatic N) is 8. The highest BCUT2D eigenvalue weighted by Gasteiger charge is 2.40. The van der Waals surface area contributed by atoms with E-state index in [4.69, 9.17) is 14.9 Å². The van der Waals surface area contributed by atoms with Gasteiger partial charge in [0.15, 0.2) is 5.76 Å². The Morgan fingerprint density at radius 3 is 2.46 bits per heavy atom. The highest BCUT2D eigenvalue weighted by Crippen LogP contribution is 2.34. The highest BCUT2D eigenvalue weighted by molar-refractivity contribution is 5.86. The maximum Gasteiger partial charge on any atom is 0.259 e. The molecule has 1 atom stereocenters. The van der Waals surface area contributed by atoms with Crippen molar-refractivity contribution in [1.29, 1.82) is 0 Å². The van der Waals surface area contributed by atoms with Gasteiger partial charge in [-0.25, -0.2) is 0 Å². The fourth-order valence-electron chi connectivity index (χ4n) is 5.99. The van der Waals surface area contributed by atoms with Gasteiger partial charge in [-0.05, 0) is 69.2 Å². The van der Waals surface area contributed by atoms with Gasteiger partial charge in [-0.2, -0.15) is 19.5 Å². The molecule has 3 aliphatic rings. The Balaban J connectivity index is 1.06. The number of methoxy groups -OCH3 is 1. The summed E-state index contributed by atoms with van der Waals surface area (Å²) in [4.78, 5) is 33.4. The van der Waals surface area contributed by atoms with Crippen LogP contribution >= 0.6 is 0 Å². The van der Waals surface area contributed by atoms with Gasteiger partial charge in [0.05, 0.1) is 12.9 Å². The number of nitrogen functional groups attached to an aromatic ring is 1. The molecule has 0 aromatic carbocycles. The highest BCUT2D eigenvalue weighted by atomic mass is 16.5. The molecule has 3 saturated heterocycles. The van der Waals surface area contributed by atoms with E-state index in [1.807, 2.05) is 9.80 Å². The molecule has 12 nitrogen and oxygen atoms in total. The summed E-state index contributed by atoms with van der Waals surface area (Å²) < 4.78 is 12.0. The van der Waals surface area contributed by atoms with Gasteiger partial charge in [0.25, 0.3) is 5.78 Å². The number of nitrogens with two attached hydrogens (primary N) is 1. The van der Waals surface area contributed by atoms with E-state index in [1.165, 1.54) is 17.4 Å². The summed E-state index contributed by atoms with van der Waals surface area (Å²) in [6.45, 7) is 6.52. The van der Waals surface area contributed by atoms with E-state index in [2.05, 4.69) is 25.0 Å². The van der Waals surface area contributed by atoms with E-state index in [-0.39, 0.29) is 17.9 Å². The van der Waals surface area contributed by atoms with Gasteiger partial charge in [0.2, 0.25) is 23.6 Å². The second-order valence-corrected chi connectivity index (χ2v) is 10.3. The van der Waals surface area contributed by atoms with Gasteiger partial charge in [-0.15, -0.1) is 5.10 Å². The third-order valence-electron chi connectivity index (χ3n) is 8.29. The van der Waals surface area contributed by atoms with E-state index in [0.717, 1.165) is 64.5 Å². The van der Waals surface area contributed by atoms with Crippen LogP contribution in [0.15, 0.2) is 22.8 Å². The Hall–Kier alpha value is -3.25. The summed E-state index contributed by atoms with van der Waals surface area (Å²) in [5.74, 6) is 3.51. The molecule has 0 radical (unpaired) electrons. The summed E-state index contributed by atoms with van der Waals surface area (Å²) in [5.41, 5.74) is 6.17. The third-order valence-corrected chi connectivity index (χ3v) is 8.29. The van der Waals surface area contributed by atoms with E-state index >= 15 is 0 Å². The molecule has 2 N–H and O–H groups in total. The topological polar surface area (TPSA) is 131 Å². The summed E-state index contributed by atoms with van der Waals surface area (Å²) in [6, 6.07) is 3.29. The molecule has 6 heterocycles. The standard InChI is InChI=1S/C25H35N9O3/c1-36-16-14-31-9-4-17(5-10-31)18-6-11-32(12-7-18)22(35)19-8-13-33(19)24-28-23(26)34-25(29-24)27-21(30-34)20-3-2-15-37-20/h2-3,15,17-19H,4-14,16H2,1H3,(H2,26,27,28,29,30)/t19-/m0/s1. The lowest BCUT2D eigenvalue weighted by Crippen LogP contribution is -2.59. The maximum absolute atomic E-state index is 13.4. The molecule has 3 aromatic rings. The van der Waals surface area contributed by atoms with Crippen LogP contribution in [0.5, 0.6) is 0 Å². The van der Waals surface area contributed by atoms with Crippen molar-refractivity contribution in [2.45, 2.75) is 38.1 Å². The van der Waals surface area contributed by atoms with Crippen LogP contribution in [0.3, 0.4) is 0 Å². The van der Waals surface area contributed by atoms with E-state index in [0.29, 0.717) is 35.8 Å². The van der Waals surface area contributed by atoms with Gasteiger partial charge in [0, 0.05) is 33.3 Å². The first-order chi connectivity index (χ1) is 18.1. The van der Waals surface area contributed by atoms with Crippen molar-refractivity contribution in [3.63, 3.8) is 0 Å². The normalized spacial score (nSPS) is 22.0. The van der Waals surface area contributed by atoms with Crippen LogP contribution in [0.1, 0.15) is 32.1 Å². The summed E-state index contributed by atoms with van der Waals surface area (Å²) in [5, 5.41) is 4.35. The minimum atomic E-state index is -0.255. The maximum atomic E-state index is 13.4. The number of anilines is 2. The van der Waals surface area contributed by atoms with E-state index in [9.17, 15) is 4.79 Å². The number of hydrogen-bond acceptors (Lipinski definition) is 10. The van der Waals surface area contributed by atoms with Crippen molar-refractivity contribution in [2.75, 3.05) is 63.6 Å². The zero-order chi connectivity index (χ0) is 25.4. The molecule has 0 aliphatic carbocycles. The molecule has 0 bridgehead atoms. The first kappa shape index (κ1) is 24.1. The summed E-state index contributed by atoms with van der Waals surface area (Å²) in [7, 11) is 1.77. The van der Waals surface area contributed by atoms with Gasteiger partial charge < -0.3 is 29.6 Å². The fraction of sp³-hybridized carbons (Fsp3) is 0.640. The summed E-state index contributed by atoms with van der Waals surface area (Å²) >= 11 is 0. The molecule has 0 spiro atoms. The lowest BCUT2D eigenvalue weighted by Gasteiger charge is -2.45. The molecule has 0 unspecified atom stereocenters. The first-order valence-electron chi connectivity index (χ1n) is 13.3. The van der Waals surface area contributed by atoms with Crippen molar-refractivity contribution in [2.24, 2.45) is 11.8 Å². The van der Waals surface area contributed by atoms with Crippen LogP contribution in [0.25, 0.3) is 17.4 Å². The first-order valence-corrected chi connectivity index (χ1v) is 13.3. The lowest BCUT2D eigenvalue weighted by molar-refractivity contribution is -0.135. The minimum Gasteiger partial charge on any atom is -0.461 e. The van der Waals surface area contributed by atoms with Gasteiger partial charge in [0.1, 0.15) is 6.04 Å². The van der Waals surface area contributed by atoms with Crippen LogP contribution < -0.4 is 10.6 Å². The second kappa shape index (κ2) is 10.3. The number of carbonyl (C=O) groups excluding carboxylic acids is 1. The molecular weight excluding hydrogens is 474 g/mol. The van der Waals surface area contributed by atoms with Crippen LogP contribution in [0.2, 0.25) is 0 Å². The number of carbonyl (C=O) groups is 1. The SMILES string of the molecule is COCCN1CCC(C2CCN(C(=O)[C@@H]3CCN3c3nc(N)n4nc(-c5ccco5)nc4n3)CC2)CC1. The van der Waals surface area contributed by atoms with Crippen molar-refractivity contribution < 1.29 is 13.9 Å². The second-order valence-electron chi connectivity index (χ2n) is 10.3. The number of likely N-dealkylation sites (tertiary alicyclic amines) is 2. The molecule has 3 fully saturated rings. The zero-order valence-electron chi connectivity index (χ0n) is 21.3. The Kier molecular flexibility index (Phi) is 6.68. The van der Waals surface area contributed by atoms with Crippen LogP contribution in [-0.4, -0.2) is 99.3 Å². The predicted molar refractivity (Wildman–Crippen MR) is 137 cm³/mol. The summed E-state index contributed by atoms with van der Waals surface area (Å²) in [6.07, 6.45) is 7.04. The minimum absolute atomic E-state index is 0.166. The van der Waals surface area contributed by atoms with Crippen molar-refractivity contribution >= 4 is 23.6 Å². The largest absolute Gasteiger partial charge is 0.461 e. The lowest BCUT2D eigenvalue weighted by atomic mass is 9.78. The number of ether oxygens (including phenoxy) is 1. The van der Waals surface area contributed by atoms with Crippen molar-refractivity contribution in [1.82, 2.24) is 34.4 Å². The number of amides is 1. The van der Waals surface area contributed by atoms with Gasteiger partial charge in [-0.3, -0.25) is 4.79 Å². The van der Waals surface area contributed by atoms with Crippen LogP contribution in [0.4, 0.5) is 11.9 Å². The van der Waals surface area contributed by atoms with Gasteiger partial charge >= 0.3 is 0 Å². The number of hydrogen-bond donors (Lipinski definition) is 1. The molecule has 3 aromatic heterocycles. The number of piperidine rings is 2. The van der Waals surface area contributed by atoms with E-state index in [1.54, 1.807) is 25.5 Å². The third kappa shape index (κ3) is 4.75. The Morgan fingerprint density at radius 1 is 1.05 bits per heavy atom. The number of furan rings is 1. The van der Waals surface area contributed by atoms with Crippen molar-refractivity contribution in [3.05, 3.63) is 18.4 Å². The van der Waals surface area contributed by atoms with Crippen LogP contribution in [0, 0.1) is 11.8 Å².